The second kappa shape index (κ2) is 6.78. The Hall–Kier alpha value is -1.51. The fourth-order valence-corrected chi connectivity index (χ4v) is 3.32. The third-order valence-electron chi connectivity index (χ3n) is 4.76. The lowest BCUT2D eigenvalue weighted by Gasteiger charge is -2.41. The number of hydrogen-bond acceptors (Lipinski definition) is 6. The zero-order chi connectivity index (χ0) is 17.4. The standard InChI is InChI=1S/C17H22O7/c1-8-13(18)14(19)15(20)17(23-8)24-12-4-2-3-9-5-6-10(16(21)22)7-11(9)12/h5-8,12-15,17-20H,2-4H2,1H3,(H,21,22)/t8-,12?,13+,14+,15-,17-/m0/s1. The van der Waals surface area contributed by atoms with Gasteiger partial charge in [0.2, 0.25) is 0 Å². The maximum absolute atomic E-state index is 11.2. The first-order valence-electron chi connectivity index (χ1n) is 8.09. The lowest BCUT2D eigenvalue weighted by Crippen LogP contribution is -2.57. The van der Waals surface area contributed by atoms with Crippen LogP contribution in [-0.2, 0) is 15.9 Å². The van der Waals surface area contributed by atoms with Crippen LogP contribution < -0.4 is 0 Å². The number of carboxylic acids is 1. The molecule has 6 atom stereocenters. The van der Waals surface area contributed by atoms with E-state index in [2.05, 4.69) is 0 Å². The molecule has 1 aliphatic carbocycles. The van der Waals surface area contributed by atoms with E-state index in [1.54, 1.807) is 25.1 Å². The SMILES string of the molecule is C[C@@H]1O[C@@H](OC2CCCc3ccc(C(=O)O)cc32)[C@@H](O)[C@H](O)[C@@H]1O. The van der Waals surface area contributed by atoms with Crippen LogP contribution >= 0.6 is 0 Å². The van der Waals surface area contributed by atoms with E-state index < -0.39 is 42.8 Å². The van der Waals surface area contributed by atoms with Crippen molar-refractivity contribution in [2.45, 2.75) is 63.0 Å². The summed E-state index contributed by atoms with van der Waals surface area (Å²) in [5.74, 6) is -1.01. The predicted octanol–water partition coefficient (Wildman–Crippen LogP) is 0.606. The van der Waals surface area contributed by atoms with Crippen LogP contribution in [0.15, 0.2) is 18.2 Å². The monoisotopic (exact) mass is 338 g/mol. The summed E-state index contributed by atoms with van der Waals surface area (Å²) in [5.41, 5.74) is 1.96. The quantitative estimate of drug-likeness (QED) is 0.638. The number of aliphatic hydroxyl groups is 3. The van der Waals surface area contributed by atoms with Gasteiger partial charge in [-0.1, -0.05) is 6.07 Å². The highest BCUT2D eigenvalue weighted by molar-refractivity contribution is 5.88. The Morgan fingerprint density at radius 2 is 1.96 bits per heavy atom. The molecule has 0 saturated carbocycles. The van der Waals surface area contributed by atoms with Crippen molar-refractivity contribution in [2.24, 2.45) is 0 Å². The van der Waals surface area contributed by atoms with Crippen LogP contribution in [0, 0.1) is 0 Å². The van der Waals surface area contributed by atoms with Crippen molar-refractivity contribution in [3.05, 3.63) is 34.9 Å². The van der Waals surface area contributed by atoms with Gasteiger partial charge >= 0.3 is 5.97 Å². The molecule has 1 saturated heterocycles. The zero-order valence-corrected chi connectivity index (χ0v) is 13.3. The molecule has 0 spiro atoms. The molecule has 1 unspecified atom stereocenters. The molecule has 2 aliphatic rings. The third-order valence-corrected chi connectivity index (χ3v) is 4.76. The van der Waals surface area contributed by atoms with E-state index in [1.807, 2.05) is 0 Å². The Bertz CT molecular complexity index is 617. The number of aliphatic hydroxyl groups excluding tert-OH is 3. The zero-order valence-electron chi connectivity index (χ0n) is 13.3. The Morgan fingerprint density at radius 3 is 2.67 bits per heavy atom. The van der Waals surface area contributed by atoms with E-state index in [4.69, 9.17) is 14.6 Å². The summed E-state index contributed by atoms with van der Waals surface area (Å²) in [4.78, 5) is 11.2. The molecule has 1 aliphatic heterocycles. The topological polar surface area (TPSA) is 116 Å². The van der Waals surface area contributed by atoms with Crippen molar-refractivity contribution in [1.82, 2.24) is 0 Å². The van der Waals surface area contributed by atoms with Crippen molar-refractivity contribution in [1.29, 1.82) is 0 Å². The number of aromatic carboxylic acids is 1. The van der Waals surface area contributed by atoms with E-state index in [9.17, 15) is 20.1 Å². The molecule has 0 radical (unpaired) electrons. The van der Waals surface area contributed by atoms with Crippen molar-refractivity contribution < 1.29 is 34.7 Å². The molecule has 132 valence electrons. The van der Waals surface area contributed by atoms with Gasteiger partial charge in [0.1, 0.15) is 18.3 Å². The number of carboxylic acid groups (broad SMARTS) is 1. The minimum atomic E-state index is -1.37. The second-order valence-electron chi connectivity index (χ2n) is 6.42. The molecule has 3 rings (SSSR count). The number of carbonyl (C=O) groups is 1. The highest BCUT2D eigenvalue weighted by atomic mass is 16.7. The summed E-state index contributed by atoms with van der Waals surface area (Å²) in [7, 11) is 0. The lowest BCUT2D eigenvalue weighted by molar-refractivity contribution is -0.306. The molecule has 4 N–H and O–H groups in total. The molecule has 1 fully saturated rings. The second-order valence-corrected chi connectivity index (χ2v) is 6.42. The van der Waals surface area contributed by atoms with Crippen molar-refractivity contribution in [3.8, 4) is 0 Å². The van der Waals surface area contributed by atoms with Crippen LogP contribution in [0.1, 0.15) is 47.4 Å². The van der Waals surface area contributed by atoms with Crippen LogP contribution in [-0.4, -0.2) is 57.1 Å². The maximum Gasteiger partial charge on any atom is 0.335 e. The number of rotatable bonds is 3. The normalized spacial score (nSPS) is 36.2. The fraction of sp³-hybridized carbons (Fsp3) is 0.588. The first-order valence-corrected chi connectivity index (χ1v) is 8.09. The molecule has 1 aromatic carbocycles. The van der Waals surface area contributed by atoms with E-state index in [0.717, 1.165) is 24.0 Å². The molecule has 24 heavy (non-hydrogen) atoms. The Morgan fingerprint density at radius 1 is 1.21 bits per heavy atom. The average molecular weight is 338 g/mol. The summed E-state index contributed by atoms with van der Waals surface area (Å²) < 4.78 is 11.3. The molecule has 0 amide bonds. The van der Waals surface area contributed by atoms with Gasteiger partial charge in [-0.05, 0) is 49.4 Å². The van der Waals surface area contributed by atoms with Gasteiger partial charge in [-0.15, -0.1) is 0 Å². The van der Waals surface area contributed by atoms with Crippen LogP contribution in [0.2, 0.25) is 0 Å². The van der Waals surface area contributed by atoms with E-state index in [-0.39, 0.29) is 5.56 Å². The highest BCUT2D eigenvalue weighted by Crippen LogP contribution is 2.36. The van der Waals surface area contributed by atoms with Gasteiger partial charge in [-0.3, -0.25) is 0 Å². The van der Waals surface area contributed by atoms with Gasteiger partial charge in [0.25, 0.3) is 0 Å². The molecule has 0 bridgehead atoms. The van der Waals surface area contributed by atoms with Gasteiger partial charge in [-0.2, -0.15) is 0 Å². The molecule has 1 heterocycles. The number of ether oxygens (including phenoxy) is 2. The van der Waals surface area contributed by atoms with Gasteiger partial charge in [0.15, 0.2) is 6.29 Å². The summed E-state index contributed by atoms with van der Waals surface area (Å²) in [6.45, 7) is 1.59. The van der Waals surface area contributed by atoms with Gasteiger partial charge in [0, 0.05) is 0 Å². The van der Waals surface area contributed by atoms with Crippen LogP contribution in [0.5, 0.6) is 0 Å². The fourth-order valence-electron chi connectivity index (χ4n) is 3.32. The van der Waals surface area contributed by atoms with Crippen molar-refractivity contribution in [2.75, 3.05) is 0 Å². The number of fused-ring (bicyclic) bond motifs is 1. The average Bonchev–Trinajstić information content (AvgIpc) is 2.57. The highest BCUT2D eigenvalue weighted by Gasteiger charge is 2.43. The van der Waals surface area contributed by atoms with Gasteiger partial charge in [-0.25, -0.2) is 4.79 Å². The minimum Gasteiger partial charge on any atom is -0.478 e. The van der Waals surface area contributed by atoms with Crippen molar-refractivity contribution in [3.63, 3.8) is 0 Å². The third kappa shape index (κ3) is 3.18. The summed E-state index contributed by atoms with van der Waals surface area (Å²) >= 11 is 0. The molecular formula is C17H22O7. The Kier molecular flexibility index (Phi) is 4.89. The lowest BCUT2D eigenvalue weighted by atomic mass is 9.88. The Labute approximate surface area is 139 Å². The minimum absolute atomic E-state index is 0.179. The van der Waals surface area contributed by atoms with Gasteiger partial charge in [0.05, 0.1) is 17.8 Å². The van der Waals surface area contributed by atoms with E-state index in [0.29, 0.717) is 6.42 Å². The van der Waals surface area contributed by atoms with Crippen LogP contribution in [0.4, 0.5) is 0 Å². The smallest absolute Gasteiger partial charge is 0.335 e. The van der Waals surface area contributed by atoms with E-state index >= 15 is 0 Å². The molecule has 1 aromatic rings. The van der Waals surface area contributed by atoms with Crippen LogP contribution in [0.3, 0.4) is 0 Å². The van der Waals surface area contributed by atoms with Gasteiger partial charge < -0.3 is 29.9 Å². The number of aryl methyl sites for hydroxylation is 1. The number of benzene rings is 1. The van der Waals surface area contributed by atoms with Crippen LogP contribution in [0.25, 0.3) is 0 Å². The number of hydrogen-bond donors (Lipinski definition) is 4. The first-order chi connectivity index (χ1) is 11.4. The van der Waals surface area contributed by atoms with Crippen molar-refractivity contribution >= 4 is 5.97 Å². The molecule has 0 aromatic heterocycles. The largest absolute Gasteiger partial charge is 0.478 e. The molecule has 7 nitrogen and oxygen atoms in total. The molecule has 7 heteroatoms. The summed E-state index contributed by atoms with van der Waals surface area (Å²) in [6, 6.07) is 4.94. The molecular weight excluding hydrogens is 316 g/mol. The predicted molar refractivity (Wildman–Crippen MR) is 82.5 cm³/mol. The maximum atomic E-state index is 11.2. The van der Waals surface area contributed by atoms with E-state index in [1.165, 1.54) is 0 Å². The Balaban J connectivity index is 1.82. The first kappa shape index (κ1) is 17.3. The summed E-state index contributed by atoms with van der Waals surface area (Å²) in [6.07, 6.45) is -3.73. The summed E-state index contributed by atoms with van der Waals surface area (Å²) in [5, 5.41) is 38.9.